The summed E-state index contributed by atoms with van der Waals surface area (Å²) in [6.45, 7) is 0. The van der Waals surface area contributed by atoms with Crippen LogP contribution in [0.1, 0.15) is 10.4 Å². The number of rotatable bonds is 2. The molecular weight excluding hydrogens is 220 g/mol. The second-order valence-corrected chi connectivity index (χ2v) is 3.53. The standard InChI is InChI=1S/C11H8N4O2/c16-11(17)8-6-14-15-9(2-4-13-10(8)15)7-1-3-12-5-7/h1-6,12H,(H,16,17). The summed E-state index contributed by atoms with van der Waals surface area (Å²) in [6, 6.07) is 3.67. The van der Waals surface area contributed by atoms with E-state index >= 15 is 0 Å². The quantitative estimate of drug-likeness (QED) is 0.694. The molecule has 0 spiro atoms. The molecule has 0 aromatic carbocycles. The second-order valence-electron chi connectivity index (χ2n) is 3.53. The first kappa shape index (κ1) is 9.59. The summed E-state index contributed by atoms with van der Waals surface area (Å²) >= 11 is 0. The van der Waals surface area contributed by atoms with Gasteiger partial charge in [-0.05, 0) is 12.1 Å². The van der Waals surface area contributed by atoms with Gasteiger partial charge in [-0.15, -0.1) is 0 Å². The van der Waals surface area contributed by atoms with Crippen molar-refractivity contribution < 1.29 is 9.90 Å². The smallest absolute Gasteiger partial charge is 0.341 e. The van der Waals surface area contributed by atoms with Crippen LogP contribution >= 0.6 is 0 Å². The van der Waals surface area contributed by atoms with E-state index in [1.54, 1.807) is 18.5 Å². The van der Waals surface area contributed by atoms with Crippen LogP contribution in [0.15, 0.2) is 36.9 Å². The summed E-state index contributed by atoms with van der Waals surface area (Å²) in [5.74, 6) is -1.03. The van der Waals surface area contributed by atoms with Crippen molar-refractivity contribution in [2.75, 3.05) is 0 Å². The van der Waals surface area contributed by atoms with Gasteiger partial charge in [0.25, 0.3) is 0 Å². The van der Waals surface area contributed by atoms with E-state index in [9.17, 15) is 4.79 Å². The van der Waals surface area contributed by atoms with Crippen LogP contribution < -0.4 is 0 Å². The number of aromatic carboxylic acids is 1. The van der Waals surface area contributed by atoms with Gasteiger partial charge in [-0.2, -0.15) is 5.10 Å². The first-order chi connectivity index (χ1) is 8.27. The fraction of sp³-hybridized carbons (Fsp3) is 0. The van der Waals surface area contributed by atoms with Crippen LogP contribution in [0.2, 0.25) is 0 Å². The largest absolute Gasteiger partial charge is 0.477 e. The van der Waals surface area contributed by atoms with E-state index in [4.69, 9.17) is 5.11 Å². The molecule has 0 amide bonds. The van der Waals surface area contributed by atoms with Crippen molar-refractivity contribution in [3.63, 3.8) is 0 Å². The topological polar surface area (TPSA) is 83.3 Å². The molecule has 3 aromatic heterocycles. The van der Waals surface area contributed by atoms with Gasteiger partial charge in [0.2, 0.25) is 0 Å². The molecule has 3 rings (SSSR count). The minimum absolute atomic E-state index is 0.0994. The van der Waals surface area contributed by atoms with Gasteiger partial charge in [0.05, 0.1) is 11.9 Å². The Morgan fingerprint density at radius 3 is 3.00 bits per heavy atom. The molecule has 84 valence electrons. The SMILES string of the molecule is O=C(O)c1cnn2c(-c3cc[nH]c3)ccnc12. The van der Waals surface area contributed by atoms with Crippen molar-refractivity contribution in [2.24, 2.45) is 0 Å². The molecule has 0 aliphatic rings. The zero-order chi connectivity index (χ0) is 11.8. The molecule has 3 aromatic rings. The molecule has 3 heterocycles. The third-order valence-electron chi connectivity index (χ3n) is 2.53. The lowest BCUT2D eigenvalue weighted by Gasteiger charge is -2.01. The van der Waals surface area contributed by atoms with Crippen molar-refractivity contribution in [1.29, 1.82) is 0 Å². The van der Waals surface area contributed by atoms with E-state index in [2.05, 4.69) is 15.1 Å². The average Bonchev–Trinajstić information content (AvgIpc) is 2.97. The van der Waals surface area contributed by atoms with Crippen molar-refractivity contribution in [3.05, 3.63) is 42.5 Å². The maximum Gasteiger partial charge on any atom is 0.341 e. The predicted molar refractivity (Wildman–Crippen MR) is 59.7 cm³/mol. The number of fused-ring (bicyclic) bond motifs is 1. The summed E-state index contributed by atoms with van der Waals surface area (Å²) in [5, 5.41) is 13.0. The molecule has 6 nitrogen and oxygen atoms in total. The van der Waals surface area contributed by atoms with E-state index in [1.165, 1.54) is 10.7 Å². The highest BCUT2D eigenvalue weighted by atomic mass is 16.4. The zero-order valence-corrected chi connectivity index (χ0v) is 8.66. The Balaban J connectivity index is 2.32. The predicted octanol–water partition coefficient (Wildman–Crippen LogP) is 1.42. The number of aromatic amines is 1. The molecule has 0 bridgehead atoms. The molecule has 0 aliphatic heterocycles. The van der Waals surface area contributed by atoms with Gasteiger partial charge in [0.15, 0.2) is 5.65 Å². The highest BCUT2D eigenvalue weighted by molar-refractivity contribution is 5.94. The lowest BCUT2D eigenvalue weighted by atomic mass is 10.2. The summed E-state index contributed by atoms with van der Waals surface area (Å²) in [7, 11) is 0. The van der Waals surface area contributed by atoms with Gasteiger partial charge in [-0.1, -0.05) is 0 Å². The summed E-state index contributed by atoms with van der Waals surface area (Å²) in [6.07, 6.45) is 6.49. The summed E-state index contributed by atoms with van der Waals surface area (Å²) in [5.41, 5.74) is 2.17. The van der Waals surface area contributed by atoms with Crippen molar-refractivity contribution in [2.45, 2.75) is 0 Å². The van der Waals surface area contributed by atoms with Gasteiger partial charge in [-0.3, -0.25) is 0 Å². The monoisotopic (exact) mass is 228 g/mol. The van der Waals surface area contributed by atoms with Crippen LogP contribution in [0.3, 0.4) is 0 Å². The van der Waals surface area contributed by atoms with Gasteiger partial charge in [0, 0.05) is 24.2 Å². The number of hydrogen-bond donors (Lipinski definition) is 2. The number of carboxylic acids is 1. The molecular formula is C11H8N4O2. The van der Waals surface area contributed by atoms with Gasteiger partial charge < -0.3 is 10.1 Å². The number of aromatic nitrogens is 4. The minimum atomic E-state index is -1.03. The minimum Gasteiger partial charge on any atom is -0.477 e. The maximum absolute atomic E-state index is 11.0. The molecule has 17 heavy (non-hydrogen) atoms. The number of H-pyrrole nitrogens is 1. The number of hydrogen-bond acceptors (Lipinski definition) is 3. The van der Waals surface area contributed by atoms with Crippen LogP contribution in [-0.4, -0.2) is 30.7 Å². The first-order valence-electron chi connectivity index (χ1n) is 4.96. The highest BCUT2D eigenvalue weighted by Crippen LogP contribution is 2.20. The normalized spacial score (nSPS) is 10.8. The highest BCUT2D eigenvalue weighted by Gasteiger charge is 2.14. The summed E-state index contributed by atoms with van der Waals surface area (Å²) in [4.78, 5) is 18.0. The van der Waals surface area contributed by atoms with E-state index in [1.807, 2.05) is 12.3 Å². The number of carbonyl (C=O) groups is 1. The Labute approximate surface area is 95.5 Å². The molecule has 0 fully saturated rings. The molecule has 0 unspecified atom stereocenters. The van der Waals surface area contributed by atoms with Crippen LogP contribution in [0.25, 0.3) is 16.9 Å². The number of nitrogens with zero attached hydrogens (tertiary/aromatic N) is 3. The summed E-state index contributed by atoms with van der Waals surface area (Å²) < 4.78 is 1.52. The number of nitrogens with one attached hydrogen (secondary N) is 1. The molecule has 0 atom stereocenters. The lowest BCUT2D eigenvalue weighted by molar-refractivity contribution is 0.0699. The Bertz CT molecular complexity index is 685. The second kappa shape index (κ2) is 3.44. The van der Waals surface area contributed by atoms with Crippen LogP contribution in [0, 0.1) is 0 Å². The van der Waals surface area contributed by atoms with Crippen LogP contribution in [0.5, 0.6) is 0 Å². The molecule has 0 aliphatic carbocycles. The van der Waals surface area contributed by atoms with E-state index in [-0.39, 0.29) is 5.56 Å². The lowest BCUT2D eigenvalue weighted by Crippen LogP contribution is -1.99. The van der Waals surface area contributed by atoms with Crippen LogP contribution in [-0.2, 0) is 0 Å². The molecule has 0 saturated heterocycles. The third-order valence-corrected chi connectivity index (χ3v) is 2.53. The maximum atomic E-state index is 11.0. The fourth-order valence-corrected chi connectivity index (χ4v) is 1.74. The van der Waals surface area contributed by atoms with Crippen LogP contribution in [0.4, 0.5) is 0 Å². The average molecular weight is 228 g/mol. The molecule has 2 N–H and O–H groups in total. The van der Waals surface area contributed by atoms with E-state index in [0.29, 0.717) is 5.65 Å². The van der Waals surface area contributed by atoms with Crippen molar-refractivity contribution >= 4 is 11.6 Å². The van der Waals surface area contributed by atoms with Crippen molar-refractivity contribution in [3.8, 4) is 11.3 Å². The number of carboxylic acid groups (broad SMARTS) is 1. The Morgan fingerprint density at radius 2 is 2.29 bits per heavy atom. The Morgan fingerprint density at radius 1 is 1.41 bits per heavy atom. The third kappa shape index (κ3) is 1.38. The van der Waals surface area contributed by atoms with E-state index in [0.717, 1.165) is 11.3 Å². The van der Waals surface area contributed by atoms with Crippen molar-refractivity contribution in [1.82, 2.24) is 19.6 Å². The van der Waals surface area contributed by atoms with Gasteiger partial charge in [-0.25, -0.2) is 14.3 Å². The van der Waals surface area contributed by atoms with Gasteiger partial charge in [0.1, 0.15) is 5.56 Å². The molecule has 0 saturated carbocycles. The molecule has 0 radical (unpaired) electrons. The Hall–Kier alpha value is -2.63. The first-order valence-corrected chi connectivity index (χ1v) is 4.96. The Kier molecular flexibility index (Phi) is 1.94. The zero-order valence-electron chi connectivity index (χ0n) is 8.66. The fourth-order valence-electron chi connectivity index (χ4n) is 1.74. The molecule has 6 heteroatoms. The van der Waals surface area contributed by atoms with Gasteiger partial charge >= 0.3 is 5.97 Å². The van der Waals surface area contributed by atoms with E-state index < -0.39 is 5.97 Å².